The fourth-order valence-electron chi connectivity index (χ4n) is 2.32. The molecule has 88 valence electrons. The molecule has 0 saturated carbocycles. The van der Waals surface area contributed by atoms with Gasteiger partial charge >= 0.3 is 0 Å². The molecule has 3 heteroatoms. The topological polar surface area (TPSA) is 35.4 Å². The largest absolute Gasteiger partial charge is 0.626 e. The monoisotopic (exact) mass is 237 g/mol. The van der Waals surface area contributed by atoms with E-state index in [4.69, 9.17) is 0 Å². The van der Waals surface area contributed by atoms with Crippen LogP contribution in [0.25, 0.3) is 0 Å². The van der Waals surface area contributed by atoms with Crippen molar-refractivity contribution in [1.29, 1.82) is 0 Å². The zero-order valence-corrected chi connectivity index (χ0v) is 10.7. The first-order valence-corrected chi connectivity index (χ1v) is 7.49. The van der Waals surface area contributed by atoms with Gasteiger partial charge in [0.1, 0.15) is 10.1 Å². The maximum absolute atomic E-state index is 13.0. The van der Waals surface area contributed by atoms with Gasteiger partial charge in [-0.3, -0.25) is 0 Å². The number of nitrogens with zero attached hydrogens (tertiary/aromatic N) is 1. The first kappa shape index (κ1) is 11.8. The van der Waals surface area contributed by atoms with Gasteiger partial charge in [-0.15, -0.1) is 4.36 Å². The van der Waals surface area contributed by atoms with Gasteiger partial charge in [0.25, 0.3) is 0 Å². The summed E-state index contributed by atoms with van der Waals surface area (Å²) in [6.45, 7) is 5.04. The minimum atomic E-state index is -2.18. The first-order valence-electron chi connectivity index (χ1n) is 5.91. The van der Waals surface area contributed by atoms with Crippen LogP contribution in [0.4, 0.5) is 0 Å². The summed E-state index contributed by atoms with van der Waals surface area (Å²) in [5, 5.41) is 0.212. The van der Waals surface area contributed by atoms with Crippen LogP contribution in [0.5, 0.6) is 0 Å². The zero-order valence-electron chi connectivity index (χ0n) is 9.93. The van der Waals surface area contributed by atoms with Crippen molar-refractivity contribution in [3.05, 3.63) is 30.3 Å². The van der Waals surface area contributed by atoms with E-state index in [1.54, 1.807) is 0 Å². The summed E-state index contributed by atoms with van der Waals surface area (Å²) in [6.07, 6.45) is 2.11. The highest BCUT2D eigenvalue weighted by Crippen LogP contribution is 2.34. The zero-order chi connectivity index (χ0) is 11.6. The standard InChI is InChI=1S/C13H19NOS/c1-11(2)13-9-6-10-14-16(13,15)12-7-4-3-5-8-12/h3-5,7-8,11,13H,6,9-10H2,1-2H3/t13-,16?/m1/s1. The van der Waals surface area contributed by atoms with E-state index in [9.17, 15) is 4.55 Å². The average molecular weight is 237 g/mol. The van der Waals surface area contributed by atoms with Crippen LogP contribution in [0.2, 0.25) is 0 Å². The van der Waals surface area contributed by atoms with Gasteiger partial charge in [0.2, 0.25) is 0 Å². The van der Waals surface area contributed by atoms with Crippen LogP contribution in [-0.2, 0) is 10.1 Å². The fourth-order valence-corrected chi connectivity index (χ4v) is 5.18. The molecule has 1 unspecified atom stereocenters. The van der Waals surface area contributed by atoms with Crippen molar-refractivity contribution in [3.8, 4) is 0 Å². The molecule has 16 heavy (non-hydrogen) atoms. The van der Waals surface area contributed by atoms with Crippen LogP contribution in [0.3, 0.4) is 0 Å². The van der Waals surface area contributed by atoms with Gasteiger partial charge in [0.15, 0.2) is 0 Å². The van der Waals surface area contributed by atoms with Gasteiger partial charge in [-0.1, -0.05) is 32.0 Å². The Hall–Kier alpha value is -0.670. The normalized spacial score (nSPS) is 30.1. The summed E-state index contributed by atoms with van der Waals surface area (Å²) < 4.78 is 17.5. The van der Waals surface area contributed by atoms with Crippen molar-refractivity contribution in [1.82, 2.24) is 0 Å². The Labute approximate surface area is 99.0 Å². The lowest BCUT2D eigenvalue weighted by Crippen LogP contribution is -2.35. The van der Waals surface area contributed by atoms with Crippen molar-refractivity contribution in [2.45, 2.75) is 36.8 Å². The Morgan fingerprint density at radius 3 is 2.62 bits per heavy atom. The SMILES string of the molecule is CC(C)[C@H]1CCCN=[S+]1([O-])c1ccccc1. The molecule has 1 heterocycles. The van der Waals surface area contributed by atoms with Gasteiger partial charge in [0.05, 0.1) is 6.54 Å². The van der Waals surface area contributed by atoms with Crippen LogP contribution in [0.15, 0.2) is 39.6 Å². The maximum atomic E-state index is 13.0. The summed E-state index contributed by atoms with van der Waals surface area (Å²) in [7, 11) is -2.18. The van der Waals surface area contributed by atoms with E-state index in [1.807, 2.05) is 30.3 Å². The molecule has 2 rings (SSSR count). The van der Waals surface area contributed by atoms with Crippen LogP contribution in [0.1, 0.15) is 26.7 Å². The summed E-state index contributed by atoms with van der Waals surface area (Å²) in [5.74, 6) is 0.428. The molecule has 0 radical (unpaired) electrons. The molecule has 0 saturated heterocycles. The summed E-state index contributed by atoms with van der Waals surface area (Å²) >= 11 is 0. The van der Waals surface area contributed by atoms with E-state index >= 15 is 0 Å². The second-order valence-electron chi connectivity index (χ2n) is 4.66. The van der Waals surface area contributed by atoms with Crippen molar-refractivity contribution >= 4 is 10.1 Å². The van der Waals surface area contributed by atoms with Crippen molar-refractivity contribution in [3.63, 3.8) is 0 Å². The van der Waals surface area contributed by atoms with E-state index in [2.05, 4.69) is 18.2 Å². The molecule has 1 aliphatic rings. The average Bonchev–Trinajstić information content (AvgIpc) is 2.30. The number of rotatable bonds is 2. The predicted molar refractivity (Wildman–Crippen MR) is 68.0 cm³/mol. The van der Waals surface area contributed by atoms with E-state index in [0.29, 0.717) is 5.92 Å². The molecule has 1 aliphatic heterocycles. The first-order chi connectivity index (χ1) is 7.64. The molecule has 2 atom stereocenters. The highest BCUT2D eigenvalue weighted by atomic mass is 32.3. The van der Waals surface area contributed by atoms with Gasteiger partial charge in [-0.25, -0.2) is 0 Å². The predicted octanol–water partition coefficient (Wildman–Crippen LogP) is 3.33. The smallest absolute Gasteiger partial charge is 0.136 e. The van der Waals surface area contributed by atoms with Crippen molar-refractivity contribution in [2.24, 2.45) is 10.3 Å². The second kappa shape index (κ2) is 4.68. The van der Waals surface area contributed by atoms with Gasteiger partial charge in [-0.05, 0) is 41.0 Å². The van der Waals surface area contributed by atoms with E-state index < -0.39 is 10.1 Å². The van der Waals surface area contributed by atoms with Crippen LogP contribution in [0, 0.1) is 5.92 Å². The molecule has 0 N–H and O–H groups in total. The molecule has 0 aromatic heterocycles. The van der Waals surface area contributed by atoms with E-state index in [-0.39, 0.29) is 5.25 Å². The Morgan fingerprint density at radius 2 is 2.00 bits per heavy atom. The minimum absolute atomic E-state index is 0.212. The second-order valence-corrected chi connectivity index (χ2v) is 7.13. The summed E-state index contributed by atoms with van der Waals surface area (Å²) in [6, 6.07) is 9.76. The quantitative estimate of drug-likeness (QED) is 0.727. The molecule has 0 fully saturated rings. The lowest BCUT2D eigenvalue weighted by molar-refractivity contribution is 0.479. The third kappa shape index (κ3) is 2.06. The van der Waals surface area contributed by atoms with E-state index in [1.165, 1.54) is 0 Å². The third-order valence-corrected chi connectivity index (χ3v) is 6.28. The fraction of sp³-hybridized carbons (Fsp3) is 0.538. The van der Waals surface area contributed by atoms with Crippen LogP contribution < -0.4 is 0 Å². The highest BCUT2D eigenvalue weighted by Gasteiger charge is 2.34. The Morgan fingerprint density at radius 1 is 1.31 bits per heavy atom. The lowest BCUT2D eigenvalue weighted by atomic mass is 10.1. The maximum Gasteiger partial charge on any atom is 0.136 e. The Balaban J connectivity index is 2.45. The van der Waals surface area contributed by atoms with Crippen molar-refractivity contribution in [2.75, 3.05) is 6.54 Å². The molecule has 0 bridgehead atoms. The number of hydrogen-bond donors (Lipinski definition) is 0. The number of benzene rings is 1. The van der Waals surface area contributed by atoms with Gasteiger partial charge in [0, 0.05) is 0 Å². The Bertz CT molecular complexity index is 400. The summed E-state index contributed by atoms with van der Waals surface area (Å²) in [4.78, 5) is 0.911. The molecule has 0 amide bonds. The van der Waals surface area contributed by atoms with Crippen molar-refractivity contribution < 1.29 is 4.55 Å². The molecular formula is C13H19NOS. The lowest BCUT2D eigenvalue weighted by Gasteiger charge is -2.35. The van der Waals surface area contributed by atoms with Crippen LogP contribution in [-0.4, -0.2) is 16.3 Å². The molecule has 1 aromatic rings. The van der Waals surface area contributed by atoms with Crippen LogP contribution >= 0.6 is 0 Å². The van der Waals surface area contributed by atoms with Gasteiger partial charge in [-0.2, -0.15) is 0 Å². The third-order valence-electron chi connectivity index (χ3n) is 3.16. The van der Waals surface area contributed by atoms with Gasteiger partial charge < -0.3 is 4.55 Å². The highest BCUT2D eigenvalue weighted by molar-refractivity contribution is 8.00. The molecule has 1 aromatic carbocycles. The molecule has 0 spiro atoms. The molecular weight excluding hydrogens is 218 g/mol. The minimum Gasteiger partial charge on any atom is -0.626 e. The van der Waals surface area contributed by atoms with E-state index in [0.717, 1.165) is 24.3 Å². The Kier molecular flexibility index (Phi) is 3.45. The molecule has 2 nitrogen and oxygen atoms in total. The summed E-state index contributed by atoms with van der Waals surface area (Å²) in [5.41, 5.74) is 0. The number of hydrogen-bond acceptors (Lipinski definition) is 2. The molecule has 0 aliphatic carbocycles.